The highest BCUT2D eigenvalue weighted by Gasteiger charge is 2.23. The van der Waals surface area contributed by atoms with E-state index < -0.39 is 10.0 Å². The number of thiophene rings is 1. The molecule has 0 aliphatic heterocycles. The average Bonchev–Trinajstić information content (AvgIpc) is 2.68. The van der Waals surface area contributed by atoms with Gasteiger partial charge in [-0.15, -0.1) is 11.3 Å². The number of aromatic hydroxyl groups is 1. The summed E-state index contributed by atoms with van der Waals surface area (Å²) in [6, 6.07) is 9.60. The predicted molar refractivity (Wildman–Crippen MR) is 81.1 cm³/mol. The number of hydrogen-bond donors (Lipinski definition) is 2. The standard InChI is InChI=1S/C13H14ClNO3S2/c1-9-11(16)12(14)19-13(9)20(17,18)15-8-7-10-5-3-2-4-6-10/h2-6,15-16H,7-8H2,1H3. The van der Waals surface area contributed by atoms with Crippen LogP contribution in [-0.2, 0) is 16.4 Å². The SMILES string of the molecule is Cc1c(S(=O)(=O)NCCc2ccccc2)sc(Cl)c1O. The number of rotatable bonds is 5. The van der Waals surface area contributed by atoms with E-state index in [0.29, 0.717) is 13.0 Å². The van der Waals surface area contributed by atoms with Crippen molar-refractivity contribution in [3.63, 3.8) is 0 Å². The van der Waals surface area contributed by atoms with E-state index in [2.05, 4.69) is 4.72 Å². The normalized spacial score (nSPS) is 11.7. The number of nitrogens with one attached hydrogen (secondary N) is 1. The smallest absolute Gasteiger partial charge is 0.250 e. The second kappa shape index (κ2) is 6.13. The third-order valence-corrected chi connectivity index (χ3v) is 6.38. The van der Waals surface area contributed by atoms with E-state index in [0.717, 1.165) is 16.9 Å². The third kappa shape index (κ3) is 3.32. The maximum absolute atomic E-state index is 12.1. The Morgan fingerprint density at radius 2 is 1.95 bits per heavy atom. The Bertz CT molecular complexity index is 696. The van der Waals surface area contributed by atoms with E-state index in [1.807, 2.05) is 30.3 Å². The zero-order valence-corrected chi connectivity index (χ0v) is 13.1. The van der Waals surface area contributed by atoms with Gasteiger partial charge >= 0.3 is 0 Å². The van der Waals surface area contributed by atoms with Crippen LogP contribution in [0.4, 0.5) is 0 Å². The summed E-state index contributed by atoms with van der Waals surface area (Å²) in [4.78, 5) is 0. The van der Waals surface area contributed by atoms with Gasteiger partial charge in [-0.05, 0) is 18.9 Å². The number of benzene rings is 1. The summed E-state index contributed by atoms with van der Waals surface area (Å²) in [6.45, 7) is 1.82. The first-order valence-corrected chi connectivity index (χ1v) is 8.61. The highest BCUT2D eigenvalue weighted by Crippen LogP contribution is 2.40. The van der Waals surface area contributed by atoms with Gasteiger partial charge in [-0.3, -0.25) is 0 Å². The first kappa shape index (κ1) is 15.3. The van der Waals surface area contributed by atoms with Crippen molar-refractivity contribution in [2.45, 2.75) is 17.6 Å². The molecule has 0 atom stereocenters. The summed E-state index contributed by atoms with van der Waals surface area (Å²) >= 11 is 6.61. The molecule has 0 saturated carbocycles. The molecule has 0 aliphatic carbocycles. The van der Waals surface area contributed by atoms with Crippen LogP contribution in [0.1, 0.15) is 11.1 Å². The summed E-state index contributed by atoms with van der Waals surface area (Å²) in [6.07, 6.45) is 0.601. The highest BCUT2D eigenvalue weighted by molar-refractivity contribution is 7.91. The molecule has 0 aliphatic rings. The minimum atomic E-state index is -3.64. The van der Waals surface area contributed by atoms with Crippen LogP contribution in [0.25, 0.3) is 0 Å². The van der Waals surface area contributed by atoms with Crippen molar-refractivity contribution < 1.29 is 13.5 Å². The molecule has 20 heavy (non-hydrogen) atoms. The molecule has 0 amide bonds. The van der Waals surface area contributed by atoms with Gasteiger partial charge in [-0.2, -0.15) is 0 Å². The highest BCUT2D eigenvalue weighted by atomic mass is 35.5. The van der Waals surface area contributed by atoms with Gasteiger partial charge in [0.15, 0.2) is 0 Å². The van der Waals surface area contributed by atoms with E-state index >= 15 is 0 Å². The molecule has 0 saturated heterocycles. The monoisotopic (exact) mass is 331 g/mol. The topological polar surface area (TPSA) is 66.4 Å². The molecule has 1 heterocycles. The first-order chi connectivity index (χ1) is 9.42. The minimum Gasteiger partial charge on any atom is -0.505 e. The van der Waals surface area contributed by atoms with Gasteiger partial charge in [0.2, 0.25) is 0 Å². The second-order valence-corrected chi connectivity index (χ2v) is 7.86. The van der Waals surface area contributed by atoms with Gasteiger partial charge in [-0.1, -0.05) is 41.9 Å². The summed E-state index contributed by atoms with van der Waals surface area (Å²) in [7, 11) is -3.64. The van der Waals surface area contributed by atoms with Crippen molar-refractivity contribution >= 4 is 33.0 Å². The molecule has 0 radical (unpaired) electrons. The molecular weight excluding hydrogens is 318 g/mol. The van der Waals surface area contributed by atoms with Gasteiger partial charge in [0, 0.05) is 12.1 Å². The molecule has 0 fully saturated rings. The van der Waals surface area contributed by atoms with Crippen LogP contribution in [-0.4, -0.2) is 20.1 Å². The van der Waals surface area contributed by atoms with Gasteiger partial charge in [0.05, 0.1) is 0 Å². The quantitative estimate of drug-likeness (QED) is 0.885. The minimum absolute atomic E-state index is 0.0630. The molecule has 2 N–H and O–H groups in total. The number of halogens is 1. The molecule has 2 aromatic rings. The molecule has 0 spiro atoms. The lowest BCUT2D eigenvalue weighted by Gasteiger charge is -2.06. The van der Waals surface area contributed by atoms with Crippen molar-refractivity contribution in [1.82, 2.24) is 4.72 Å². The van der Waals surface area contributed by atoms with Crippen LogP contribution in [0.15, 0.2) is 34.5 Å². The average molecular weight is 332 g/mol. The number of sulfonamides is 1. The van der Waals surface area contributed by atoms with Gasteiger partial charge < -0.3 is 5.11 Å². The fourth-order valence-electron chi connectivity index (χ4n) is 1.75. The van der Waals surface area contributed by atoms with Crippen LogP contribution in [0, 0.1) is 6.92 Å². The molecule has 108 valence electrons. The molecule has 1 aromatic carbocycles. The Balaban J connectivity index is 2.06. The van der Waals surface area contributed by atoms with Crippen molar-refractivity contribution in [2.24, 2.45) is 0 Å². The van der Waals surface area contributed by atoms with Crippen molar-refractivity contribution in [3.05, 3.63) is 45.8 Å². The second-order valence-electron chi connectivity index (χ2n) is 4.27. The zero-order valence-electron chi connectivity index (χ0n) is 10.8. The maximum Gasteiger partial charge on any atom is 0.250 e. The summed E-state index contributed by atoms with van der Waals surface area (Å²) in [5, 5.41) is 9.58. The van der Waals surface area contributed by atoms with E-state index in [4.69, 9.17) is 11.6 Å². The summed E-state index contributed by atoms with van der Waals surface area (Å²) in [5.41, 5.74) is 1.34. The Hall–Kier alpha value is -1.08. The van der Waals surface area contributed by atoms with Crippen LogP contribution < -0.4 is 4.72 Å². The van der Waals surface area contributed by atoms with Crippen LogP contribution in [0.5, 0.6) is 5.75 Å². The van der Waals surface area contributed by atoms with Crippen molar-refractivity contribution in [1.29, 1.82) is 0 Å². The molecule has 1 aromatic heterocycles. The van der Waals surface area contributed by atoms with Gasteiger partial charge in [0.25, 0.3) is 10.0 Å². The third-order valence-electron chi connectivity index (χ3n) is 2.82. The Morgan fingerprint density at radius 3 is 2.50 bits per heavy atom. The number of hydrogen-bond acceptors (Lipinski definition) is 4. The van der Waals surface area contributed by atoms with Gasteiger partial charge in [-0.25, -0.2) is 13.1 Å². The van der Waals surface area contributed by atoms with Crippen LogP contribution >= 0.6 is 22.9 Å². The molecule has 0 bridgehead atoms. The van der Waals surface area contributed by atoms with E-state index in [-0.39, 0.29) is 19.9 Å². The fraction of sp³-hybridized carbons (Fsp3) is 0.231. The Kier molecular flexibility index (Phi) is 4.70. The molecule has 2 rings (SSSR count). The maximum atomic E-state index is 12.1. The van der Waals surface area contributed by atoms with E-state index in [1.54, 1.807) is 0 Å². The lowest BCUT2D eigenvalue weighted by Crippen LogP contribution is -2.25. The first-order valence-electron chi connectivity index (χ1n) is 5.93. The van der Waals surface area contributed by atoms with Crippen molar-refractivity contribution in [2.75, 3.05) is 6.54 Å². The molecular formula is C13H14ClNO3S2. The lowest BCUT2D eigenvalue weighted by atomic mass is 10.2. The Morgan fingerprint density at radius 1 is 1.30 bits per heavy atom. The van der Waals surface area contributed by atoms with Crippen LogP contribution in [0.2, 0.25) is 4.34 Å². The van der Waals surface area contributed by atoms with E-state index in [1.165, 1.54) is 6.92 Å². The van der Waals surface area contributed by atoms with E-state index in [9.17, 15) is 13.5 Å². The van der Waals surface area contributed by atoms with Gasteiger partial charge in [0.1, 0.15) is 14.3 Å². The largest absolute Gasteiger partial charge is 0.505 e. The molecule has 4 nitrogen and oxygen atoms in total. The summed E-state index contributed by atoms with van der Waals surface area (Å²) < 4.78 is 26.9. The molecule has 0 unspecified atom stereocenters. The zero-order chi connectivity index (χ0) is 14.8. The summed E-state index contributed by atoms with van der Waals surface area (Å²) in [5.74, 6) is -0.167. The lowest BCUT2D eigenvalue weighted by molar-refractivity contribution is 0.472. The molecule has 7 heteroatoms. The van der Waals surface area contributed by atoms with Crippen LogP contribution in [0.3, 0.4) is 0 Å². The van der Waals surface area contributed by atoms with Crippen molar-refractivity contribution in [3.8, 4) is 5.75 Å². The fourth-order valence-corrected chi connectivity index (χ4v) is 4.79. The predicted octanol–water partition coefficient (Wildman–Crippen LogP) is 2.94. The Labute approximate surface area is 127 Å².